The number of ether oxygens (including phenoxy) is 1. The summed E-state index contributed by atoms with van der Waals surface area (Å²) in [6, 6.07) is 7.92. The van der Waals surface area contributed by atoms with Crippen LogP contribution < -0.4 is 15.7 Å². The third-order valence-corrected chi connectivity index (χ3v) is 6.02. The minimum atomic E-state index is -1.24. The first-order valence-corrected chi connectivity index (χ1v) is 11.3. The highest BCUT2D eigenvalue weighted by Crippen LogP contribution is 2.32. The lowest BCUT2D eigenvalue weighted by atomic mass is 10.0. The number of halogens is 1. The summed E-state index contributed by atoms with van der Waals surface area (Å²) in [6.45, 7) is 3.36. The Morgan fingerprint density at radius 3 is 2.66 bits per heavy atom. The Morgan fingerprint density at radius 2 is 1.94 bits per heavy atom. The summed E-state index contributed by atoms with van der Waals surface area (Å²) in [5, 5.41) is 23.5. The highest BCUT2D eigenvalue weighted by molar-refractivity contribution is 6.32. The normalized spacial score (nSPS) is 13.0. The summed E-state index contributed by atoms with van der Waals surface area (Å²) < 4.78 is 10.9. The van der Waals surface area contributed by atoms with E-state index in [0.29, 0.717) is 22.8 Å². The minimum absolute atomic E-state index is 0.0150. The van der Waals surface area contributed by atoms with Crippen LogP contribution in [0.1, 0.15) is 25.0 Å². The van der Waals surface area contributed by atoms with Crippen LogP contribution in [0.2, 0.25) is 5.02 Å². The van der Waals surface area contributed by atoms with Crippen LogP contribution in [0.4, 0.5) is 0 Å². The molecule has 0 aliphatic heterocycles. The highest BCUT2D eigenvalue weighted by Gasteiger charge is 2.26. The number of aliphatic carboxylic acids is 1. The zero-order valence-corrected chi connectivity index (χ0v) is 19.7. The number of hydrogen-bond donors (Lipinski definition) is 4. The highest BCUT2D eigenvalue weighted by atomic mass is 35.5. The van der Waals surface area contributed by atoms with Crippen molar-refractivity contribution in [3.8, 4) is 11.5 Å². The van der Waals surface area contributed by atoms with Crippen LogP contribution in [0.3, 0.4) is 0 Å². The van der Waals surface area contributed by atoms with Gasteiger partial charge < -0.3 is 29.7 Å². The number of benzene rings is 2. The number of H-pyrrole nitrogens is 1. The van der Waals surface area contributed by atoms with Gasteiger partial charge in [-0.15, -0.1) is 0 Å². The maximum atomic E-state index is 12.8. The molecule has 10 heteroatoms. The van der Waals surface area contributed by atoms with Gasteiger partial charge in [-0.05, 0) is 48.7 Å². The van der Waals surface area contributed by atoms with Crippen LogP contribution >= 0.6 is 11.6 Å². The number of carbonyl (C=O) groups is 2. The van der Waals surface area contributed by atoms with E-state index in [0.717, 1.165) is 11.1 Å². The maximum absolute atomic E-state index is 12.8. The van der Waals surface area contributed by atoms with E-state index in [2.05, 4.69) is 10.3 Å². The molecule has 0 radical (unpaired) electrons. The second-order valence-electron chi connectivity index (χ2n) is 8.13. The lowest BCUT2D eigenvalue weighted by Crippen LogP contribution is -2.47. The van der Waals surface area contributed by atoms with Gasteiger partial charge in [0.05, 0.1) is 5.02 Å². The van der Waals surface area contributed by atoms with Crippen molar-refractivity contribution in [2.24, 2.45) is 0 Å². The molecule has 0 aliphatic rings. The van der Waals surface area contributed by atoms with Gasteiger partial charge in [-0.1, -0.05) is 18.5 Å². The number of carbonyl (C=O) groups excluding carboxylic acids is 1. The monoisotopic (exact) mass is 498 g/mol. The first-order chi connectivity index (χ1) is 16.7. The SMILES string of the molecule is CCc1cc(=O)oc2cc(O[C@H](C)C(=O)N[C@H](Cc3c[nH]c4ccc(O)cc34)C(=O)O)c(Cl)cc12. The molecule has 9 nitrogen and oxygen atoms in total. The van der Waals surface area contributed by atoms with Crippen molar-refractivity contribution in [2.75, 3.05) is 0 Å². The number of phenolic OH excluding ortho intramolecular Hbond substituents is 1. The molecule has 2 aromatic carbocycles. The summed E-state index contributed by atoms with van der Waals surface area (Å²) in [7, 11) is 0. The van der Waals surface area contributed by atoms with Gasteiger partial charge in [0.2, 0.25) is 0 Å². The van der Waals surface area contributed by atoms with Crippen LogP contribution in [0.5, 0.6) is 11.5 Å². The molecule has 2 heterocycles. The standard InChI is InChI=1S/C25H23ClN2O7/c1-3-13-7-23(30)35-21-10-22(18(26)9-17(13)21)34-12(2)24(31)28-20(25(32)33)6-14-11-27-19-5-4-15(29)8-16(14)19/h4-5,7-12,20,27,29H,3,6H2,1-2H3,(H,28,31)(H,32,33)/t12-,20-/m1/s1. The number of nitrogens with one attached hydrogen (secondary N) is 2. The van der Waals surface area contributed by atoms with Crippen molar-refractivity contribution in [2.45, 2.75) is 38.8 Å². The van der Waals surface area contributed by atoms with Crippen molar-refractivity contribution in [1.29, 1.82) is 0 Å². The molecule has 2 aromatic heterocycles. The zero-order valence-electron chi connectivity index (χ0n) is 18.9. The van der Waals surface area contributed by atoms with Crippen LogP contribution in [-0.2, 0) is 22.4 Å². The van der Waals surface area contributed by atoms with Gasteiger partial charge in [0.25, 0.3) is 5.91 Å². The summed E-state index contributed by atoms with van der Waals surface area (Å²) in [6.07, 6.45) is 1.13. The smallest absolute Gasteiger partial charge is 0.336 e. The van der Waals surface area contributed by atoms with E-state index in [-0.39, 0.29) is 28.5 Å². The molecule has 0 spiro atoms. The summed E-state index contributed by atoms with van der Waals surface area (Å²) in [4.78, 5) is 39.5. The number of aromatic nitrogens is 1. The molecule has 0 saturated carbocycles. The molecule has 0 unspecified atom stereocenters. The van der Waals surface area contributed by atoms with Crippen molar-refractivity contribution >= 4 is 45.3 Å². The predicted octanol–water partition coefficient (Wildman–Crippen LogP) is 3.78. The summed E-state index contributed by atoms with van der Waals surface area (Å²) in [5.74, 6) is -1.72. The molecule has 0 saturated heterocycles. The molecule has 0 fully saturated rings. The second-order valence-corrected chi connectivity index (χ2v) is 8.54. The Hall–Kier alpha value is -3.98. The van der Waals surface area contributed by atoms with Gasteiger partial charge >= 0.3 is 11.6 Å². The maximum Gasteiger partial charge on any atom is 0.336 e. The Balaban J connectivity index is 1.52. The third-order valence-electron chi connectivity index (χ3n) is 5.73. The number of hydrogen-bond acceptors (Lipinski definition) is 6. The number of fused-ring (bicyclic) bond motifs is 2. The van der Waals surface area contributed by atoms with E-state index in [1.54, 1.807) is 18.3 Å². The number of aryl methyl sites for hydroxylation is 1. The molecule has 0 aliphatic carbocycles. The fraction of sp³-hybridized carbons (Fsp3) is 0.240. The van der Waals surface area contributed by atoms with E-state index in [9.17, 15) is 24.6 Å². The zero-order chi connectivity index (χ0) is 25.3. The number of carboxylic acid groups (broad SMARTS) is 1. The number of aromatic amines is 1. The number of amides is 1. The third kappa shape index (κ3) is 5.09. The van der Waals surface area contributed by atoms with E-state index < -0.39 is 29.6 Å². The molecule has 2 atom stereocenters. The second kappa shape index (κ2) is 9.71. The molecule has 4 N–H and O–H groups in total. The average Bonchev–Trinajstić information content (AvgIpc) is 3.20. The van der Waals surface area contributed by atoms with Crippen LogP contribution in [-0.4, -0.2) is 39.2 Å². The molecule has 4 rings (SSSR count). The topological polar surface area (TPSA) is 142 Å². The quantitative estimate of drug-likeness (QED) is 0.271. The Kier molecular flexibility index (Phi) is 6.70. The molecule has 0 bridgehead atoms. The van der Waals surface area contributed by atoms with Gasteiger partial charge in [-0.3, -0.25) is 4.79 Å². The Morgan fingerprint density at radius 1 is 1.17 bits per heavy atom. The molecule has 182 valence electrons. The van der Waals surface area contributed by atoms with Gasteiger partial charge in [0, 0.05) is 41.0 Å². The lowest BCUT2D eigenvalue weighted by molar-refractivity contribution is -0.142. The number of rotatable bonds is 8. The largest absolute Gasteiger partial charge is 0.508 e. The summed E-state index contributed by atoms with van der Waals surface area (Å²) >= 11 is 6.35. The number of carboxylic acids is 1. The first-order valence-electron chi connectivity index (χ1n) is 10.9. The van der Waals surface area contributed by atoms with Crippen molar-refractivity contribution in [3.63, 3.8) is 0 Å². The minimum Gasteiger partial charge on any atom is -0.508 e. The summed E-state index contributed by atoms with van der Waals surface area (Å²) in [5.41, 5.74) is 1.88. The molecule has 35 heavy (non-hydrogen) atoms. The van der Waals surface area contributed by atoms with Crippen LogP contribution in [0.15, 0.2) is 51.8 Å². The molecular formula is C25H23ClN2O7. The van der Waals surface area contributed by atoms with Crippen molar-refractivity contribution < 1.29 is 29.0 Å². The Labute approximate surface area is 204 Å². The van der Waals surface area contributed by atoms with E-state index >= 15 is 0 Å². The fourth-order valence-electron chi connectivity index (χ4n) is 3.90. The van der Waals surface area contributed by atoms with E-state index in [1.165, 1.54) is 31.2 Å². The fourth-order valence-corrected chi connectivity index (χ4v) is 4.11. The predicted molar refractivity (Wildman–Crippen MR) is 130 cm³/mol. The van der Waals surface area contributed by atoms with Crippen LogP contribution in [0, 0.1) is 0 Å². The number of phenols is 1. The van der Waals surface area contributed by atoms with Crippen molar-refractivity contribution in [1.82, 2.24) is 10.3 Å². The van der Waals surface area contributed by atoms with Gasteiger partial charge in [-0.2, -0.15) is 0 Å². The lowest BCUT2D eigenvalue weighted by Gasteiger charge is -2.19. The van der Waals surface area contributed by atoms with Gasteiger partial charge in [0.1, 0.15) is 23.1 Å². The molecular weight excluding hydrogens is 476 g/mol. The Bertz CT molecular complexity index is 1490. The van der Waals surface area contributed by atoms with Gasteiger partial charge in [-0.25, -0.2) is 9.59 Å². The van der Waals surface area contributed by atoms with Gasteiger partial charge in [0.15, 0.2) is 6.10 Å². The van der Waals surface area contributed by atoms with Crippen molar-refractivity contribution in [3.05, 3.63) is 69.2 Å². The first kappa shape index (κ1) is 24.2. The molecule has 1 amide bonds. The van der Waals surface area contributed by atoms with E-state index in [4.69, 9.17) is 20.8 Å². The molecule has 4 aromatic rings. The van der Waals surface area contributed by atoms with E-state index in [1.807, 2.05) is 6.92 Å². The van der Waals surface area contributed by atoms with Crippen LogP contribution in [0.25, 0.3) is 21.9 Å². The number of aromatic hydroxyl groups is 1. The average molecular weight is 499 g/mol.